The molecule has 1 amide bonds. The van der Waals surface area contributed by atoms with Gasteiger partial charge in [-0.25, -0.2) is 0 Å². The van der Waals surface area contributed by atoms with Gasteiger partial charge in [-0.05, 0) is 37.0 Å². The number of carbonyl (C=O) groups excluding carboxylic acids is 1. The van der Waals surface area contributed by atoms with Crippen LogP contribution in [0.25, 0.3) is 0 Å². The summed E-state index contributed by atoms with van der Waals surface area (Å²) < 4.78 is 5.36. The summed E-state index contributed by atoms with van der Waals surface area (Å²) >= 11 is 0. The van der Waals surface area contributed by atoms with Crippen LogP contribution in [0.3, 0.4) is 0 Å². The molecule has 5 heteroatoms. The van der Waals surface area contributed by atoms with E-state index in [0.717, 1.165) is 17.7 Å². The van der Waals surface area contributed by atoms with Crippen molar-refractivity contribution in [2.24, 2.45) is 5.92 Å². The summed E-state index contributed by atoms with van der Waals surface area (Å²) in [6.07, 6.45) is 0.729. The zero-order valence-electron chi connectivity index (χ0n) is 12.8. The number of hydrogen-bond acceptors (Lipinski definition) is 4. The minimum absolute atomic E-state index is 0.0755. The van der Waals surface area contributed by atoms with E-state index in [-0.39, 0.29) is 31.2 Å². The molecule has 1 aliphatic rings. The van der Waals surface area contributed by atoms with Crippen LogP contribution in [-0.4, -0.2) is 30.3 Å². The number of benzene rings is 1. The highest BCUT2D eigenvalue weighted by atomic mass is 16.5. The fourth-order valence-corrected chi connectivity index (χ4v) is 2.54. The lowest BCUT2D eigenvalue weighted by Crippen LogP contribution is -2.36. The third-order valence-electron chi connectivity index (χ3n) is 3.85. The second-order valence-corrected chi connectivity index (χ2v) is 5.84. The Labute approximate surface area is 125 Å². The van der Waals surface area contributed by atoms with Crippen LogP contribution in [0, 0.1) is 5.92 Å². The molecule has 2 rings (SSSR count). The summed E-state index contributed by atoms with van der Waals surface area (Å²) in [5.41, 5.74) is 1.81. The SMILES string of the molecule is CC(NC(CCO)C(C)C)c1ccc2c(c1)NC(=O)CO2. The Morgan fingerprint density at radius 1 is 1.38 bits per heavy atom. The van der Waals surface area contributed by atoms with E-state index in [0.29, 0.717) is 11.7 Å². The van der Waals surface area contributed by atoms with Crippen molar-refractivity contribution in [1.29, 1.82) is 0 Å². The maximum atomic E-state index is 11.4. The van der Waals surface area contributed by atoms with Crippen LogP contribution in [-0.2, 0) is 4.79 Å². The van der Waals surface area contributed by atoms with Gasteiger partial charge in [0.15, 0.2) is 6.61 Å². The van der Waals surface area contributed by atoms with E-state index in [4.69, 9.17) is 9.84 Å². The Morgan fingerprint density at radius 3 is 2.81 bits per heavy atom. The van der Waals surface area contributed by atoms with E-state index in [9.17, 15) is 4.79 Å². The van der Waals surface area contributed by atoms with Gasteiger partial charge in [-0.15, -0.1) is 0 Å². The second-order valence-electron chi connectivity index (χ2n) is 5.84. The Morgan fingerprint density at radius 2 is 2.14 bits per heavy atom. The van der Waals surface area contributed by atoms with E-state index in [2.05, 4.69) is 31.4 Å². The molecule has 0 saturated carbocycles. The first-order valence-electron chi connectivity index (χ1n) is 7.44. The van der Waals surface area contributed by atoms with Gasteiger partial charge in [0.25, 0.3) is 5.91 Å². The maximum absolute atomic E-state index is 11.4. The minimum Gasteiger partial charge on any atom is -0.482 e. The molecule has 0 spiro atoms. The topological polar surface area (TPSA) is 70.6 Å². The van der Waals surface area contributed by atoms with Crippen molar-refractivity contribution in [3.05, 3.63) is 23.8 Å². The average molecular weight is 292 g/mol. The lowest BCUT2D eigenvalue weighted by molar-refractivity contribution is -0.118. The Balaban J connectivity index is 2.10. The first-order valence-corrected chi connectivity index (χ1v) is 7.44. The molecule has 3 N–H and O–H groups in total. The molecule has 0 radical (unpaired) electrons. The Bertz CT molecular complexity index is 502. The van der Waals surface area contributed by atoms with Gasteiger partial charge in [0, 0.05) is 18.7 Å². The molecule has 116 valence electrons. The Hall–Kier alpha value is -1.59. The summed E-state index contributed by atoms with van der Waals surface area (Å²) in [7, 11) is 0. The van der Waals surface area contributed by atoms with Crippen LogP contribution >= 0.6 is 0 Å². The number of carbonyl (C=O) groups is 1. The zero-order chi connectivity index (χ0) is 15.4. The number of rotatable bonds is 6. The highest BCUT2D eigenvalue weighted by Gasteiger charge is 2.20. The summed E-state index contributed by atoms with van der Waals surface area (Å²) in [6, 6.07) is 6.23. The Kier molecular flexibility index (Phi) is 5.20. The standard InChI is InChI=1S/C16H24N2O3/c1-10(2)13(6-7-19)17-11(3)12-4-5-15-14(8-12)18-16(20)9-21-15/h4-5,8,10-11,13,17,19H,6-7,9H2,1-3H3,(H,18,20). The fraction of sp³-hybridized carbons (Fsp3) is 0.562. The molecule has 21 heavy (non-hydrogen) atoms. The molecule has 0 aliphatic carbocycles. The normalized spacial score (nSPS) is 16.9. The van der Waals surface area contributed by atoms with Gasteiger partial charge in [0.1, 0.15) is 5.75 Å². The van der Waals surface area contributed by atoms with Crippen LogP contribution in [0.1, 0.15) is 38.8 Å². The number of aliphatic hydroxyl groups is 1. The number of ether oxygens (including phenoxy) is 1. The molecule has 1 aromatic carbocycles. The van der Waals surface area contributed by atoms with Crippen LogP contribution in [0.5, 0.6) is 5.75 Å². The van der Waals surface area contributed by atoms with Gasteiger partial charge in [0.05, 0.1) is 5.69 Å². The van der Waals surface area contributed by atoms with E-state index in [1.807, 2.05) is 18.2 Å². The van der Waals surface area contributed by atoms with Crippen molar-refractivity contribution >= 4 is 11.6 Å². The number of fused-ring (bicyclic) bond motifs is 1. The fourth-order valence-electron chi connectivity index (χ4n) is 2.54. The van der Waals surface area contributed by atoms with Gasteiger partial charge >= 0.3 is 0 Å². The molecule has 5 nitrogen and oxygen atoms in total. The van der Waals surface area contributed by atoms with Crippen molar-refractivity contribution in [2.75, 3.05) is 18.5 Å². The van der Waals surface area contributed by atoms with E-state index in [1.165, 1.54) is 0 Å². The molecule has 1 heterocycles. The molecule has 0 bridgehead atoms. The van der Waals surface area contributed by atoms with Crippen molar-refractivity contribution < 1.29 is 14.6 Å². The first kappa shape index (κ1) is 15.8. The van der Waals surface area contributed by atoms with Crippen LogP contribution in [0.2, 0.25) is 0 Å². The predicted octanol–water partition coefficient (Wildman–Crippen LogP) is 2.08. The third-order valence-corrected chi connectivity index (χ3v) is 3.85. The largest absolute Gasteiger partial charge is 0.482 e. The average Bonchev–Trinajstić information content (AvgIpc) is 2.45. The molecule has 1 aromatic rings. The highest BCUT2D eigenvalue weighted by molar-refractivity contribution is 5.95. The zero-order valence-corrected chi connectivity index (χ0v) is 12.8. The lowest BCUT2D eigenvalue weighted by atomic mass is 9.98. The van der Waals surface area contributed by atoms with Gasteiger partial charge in [-0.2, -0.15) is 0 Å². The summed E-state index contributed by atoms with van der Waals surface area (Å²) in [5, 5.41) is 15.5. The number of hydrogen-bond donors (Lipinski definition) is 3. The molecular weight excluding hydrogens is 268 g/mol. The van der Waals surface area contributed by atoms with E-state index < -0.39 is 0 Å². The van der Waals surface area contributed by atoms with Crippen molar-refractivity contribution in [3.8, 4) is 5.75 Å². The number of anilines is 1. The van der Waals surface area contributed by atoms with Crippen LogP contribution < -0.4 is 15.4 Å². The van der Waals surface area contributed by atoms with E-state index in [1.54, 1.807) is 0 Å². The summed E-state index contributed by atoms with van der Waals surface area (Å²) in [4.78, 5) is 11.4. The molecule has 0 saturated heterocycles. The second kappa shape index (κ2) is 6.91. The predicted molar refractivity (Wildman–Crippen MR) is 82.4 cm³/mol. The molecule has 0 aromatic heterocycles. The van der Waals surface area contributed by atoms with Gasteiger partial charge < -0.3 is 20.5 Å². The van der Waals surface area contributed by atoms with E-state index >= 15 is 0 Å². The quantitative estimate of drug-likeness (QED) is 0.750. The van der Waals surface area contributed by atoms with Crippen molar-refractivity contribution in [1.82, 2.24) is 5.32 Å². The first-order chi connectivity index (χ1) is 10.0. The monoisotopic (exact) mass is 292 g/mol. The highest BCUT2D eigenvalue weighted by Crippen LogP contribution is 2.30. The number of nitrogens with one attached hydrogen (secondary N) is 2. The maximum Gasteiger partial charge on any atom is 0.262 e. The van der Waals surface area contributed by atoms with Crippen LogP contribution in [0.15, 0.2) is 18.2 Å². The molecular formula is C16H24N2O3. The number of amides is 1. The molecule has 0 fully saturated rings. The third kappa shape index (κ3) is 3.95. The van der Waals surface area contributed by atoms with Gasteiger partial charge in [0.2, 0.25) is 0 Å². The summed E-state index contributed by atoms with van der Waals surface area (Å²) in [6.45, 7) is 6.62. The molecule has 1 aliphatic heterocycles. The van der Waals surface area contributed by atoms with Crippen LogP contribution in [0.4, 0.5) is 5.69 Å². The number of aliphatic hydroxyl groups excluding tert-OH is 1. The molecule has 2 unspecified atom stereocenters. The minimum atomic E-state index is -0.124. The van der Waals surface area contributed by atoms with Crippen molar-refractivity contribution in [3.63, 3.8) is 0 Å². The summed E-state index contributed by atoms with van der Waals surface area (Å²) in [5.74, 6) is 1.03. The molecule has 2 atom stereocenters. The van der Waals surface area contributed by atoms with Crippen molar-refractivity contribution in [2.45, 2.75) is 39.3 Å². The van der Waals surface area contributed by atoms with Gasteiger partial charge in [-0.1, -0.05) is 19.9 Å². The van der Waals surface area contributed by atoms with Gasteiger partial charge in [-0.3, -0.25) is 4.79 Å². The smallest absolute Gasteiger partial charge is 0.262 e. The lowest BCUT2D eigenvalue weighted by Gasteiger charge is -2.27.